The number of sulfonamides is 1. The predicted molar refractivity (Wildman–Crippen MR) is 112 cm³/mol. The lowest BCUT2D eigenvalue weighted by atomic mass is 10.3. The first-order chi connectivity index (χ1) is 13.3. The lowest BCUT2D eigenvalue weighted by Crippen LogP contribution is -2.30. The van der Waals surface area contributed by atoms with Gasteiger partial charge in [0, 0.05) is 23.8 Å². The highest BCUT2D eigenvalue weighted by Gasteiger charge is 2.23. The fraction of sp³-hybridized carbons (Fsp3) is 0.316. The molecule has 2 N–H and O–H groups in total. The number of nitrogens with one attached hydrogen (secondary N) is 2. The van der Waals surface area contributed by atoms with E-state index in [4.69, 9.17) is 16.3 Å². The van der Waals surface area contributed by atoms with Crippen molar-refractivity contribution in [3.05, 3.63) is 47.5 Å². The van der Waals surface area contributed by atoms with E-state index in [1.54, 1.807) is 44.2 Å². The molecule has 0 aliphatic heterocycles. The molecule has 7 nitrogen and oxygen atoms in total. The van der Waals surface area contributed by atoms with E-state index in [0.29, 0.717) is 35.2 Å². The molecular formula is C19H24ClN3O4S. The molecule has 2 aromatic rings. The fourth-order valence-corrected chi connectivity index (χ4v) is 4.32. The molecule has 0 spiro atoms. The molecule has 0 heterocycles. The number of rotatable bonds is 9. The summed E-state index contributed by atoms with van der Waals surface area (Å²) in [6.45, 7) is 4.23. The molecule has 2 rings (SSSR count). The quantitative estimate of drug-likeness (QED) is 0.642. The van der Waals surface area contributed by atoms with Gasteiger partial charge in [0.25, 0.3) is 0 Å². The molecule has 0 saturated heterocycles. The SMILES string of the molecule is CCN(CC)S(=O)(=O)c1ccc(OC)c(NCC(=O)Nc2cccc(Cl)c2)c1. The van der Waals surface area contributed by atoms with Gasteiger partial charge in [-0.1, -0.05) is 31.5 Å². The summed E-state index contributed by atoms with van der Waals surface area (Å²) in [5.74, 6) is 0.135. The van der Waals surface area contributed by atoms with Gasteiger partial charge in [-0.2, -0.15) is 4.31 Å². The van der Waals surface area contributed by atoms with E-state index in [0.717, 1.165) is 0 Å². The van der Waals surface area contributed by atoms with E-state index in [1.165, 1.54) is 23.5 Å². The van der Waals surface area contributed by atoms with Crippen molar-refractivity contribution in [1.82, 2.24) is 4.31 Å². The third-order valence-electron chi connectivity index (χ3n) is 4.06. The topological polar surface area (TPSA) is 87.7 Å². The van der Waals surface area contributed by atoms with Crippen LogP contribution in [-0.2, 0) is 14.8 Å². The first-order valence-corrected chi connectivity index (χ1v) is 10.6. The van der Waals surface area contributed by atoms with E-state index >= 15 is 0 Å². The van der Waals surface area contributed by atoms with Crippen molar-refractivity contribution >= 4 is 38.9 Å². The average Bonchev–Trinajstić information content (AvgIpc) is 2.66. The Morgan fingerprint density at radius 3 is 2.46 bits per heavy atom. The van der Waals surface area contributed by atoms with Crippen molar-refractivity contribution in [2.45, 2.75) is 18.7 Å². The molecule has 1 amide bonds. The highest BCUT2D eigenvalue weighted by Crippen LogP contribution is 2.28. The van der Waals surface area contributed by atoms with Crippen LogP contribution in [0.5, 0.6) is 5.75 Å². The second-order valence-electron chi connectivity index (χ2n) is 5.86. The Morgan fingerprint density at radius 2 is 1.86 bits per heavy atom. The molecule has 0 fully saturated rings. The average molecular weight is 426 g/mol. The number of benzene rings is 2. The van der Waals surface area contributed by atoms with Gasteiger partial charge in [-0.05, 0) is 36.4 Å². The maximum absolute atomic E-state index is 12.7. The van der Waals surface area contributed by atoms with E-state index in [1.807, 2.05) is 0 Å². The number of anilines is 2. The summed E-state index contributed by atoms with van der Waals surface area (Å²) >= 11 is 5.91. The van der Waals surface area contributed by atoms with Crippen LogP contribution in [0.4, 0.5) is 11.4 Å². The molecular weight excluding hydrogens is 402 g/mol. The smallest absolute Gasteiger partial charge is 0.243 e. The summed E-state index contributed by atoms with van der Waals surface area (Å²) in [7, 11) is -2.14. The van der Waals surface area contributed by atoms with Crippen molar-refractivity contribution in [3.63, 3.8) is 0 Å². The molecule has 0 aromatic heterocycles. The second kappa shape index (κ2) is 9.77. The standard InChI is InChI=1S/C19H24ClN3O4S/c1-4-23(5-2)28(25,26)16-9-10-18(27-3)17(12-16)21-13-19(24)22-15-8-6-7-14(20)11-15/h6-12,21H,4-5,13H2,1-3H3,(H,22,24). The van der Waals surface area contributed by atoms with Gasteiger partial charge in [-0.3, -0.25) is 4.79 Å². The van der Waals surface area contributed by atoms with Gasteiger partial charge < -0.3 is 15.4 Å². The van der Waals surface area contributed by atoms with Crippen LogP contribution in [0.25, 0.3) is 0 Å². The molecule has 2 aromatic carbocycles. The van der Waals surface area contributed by atoms with Crippen LogP contribution in [0.3, 0.4) is 0 Å². The van der Waals surface area contributed by atoms with Gasteiger partial charge >= 0.3 is 0 Å². The Morgan fingerprint density at radius 1 is 1.14 bits per heavy atom. The highest BCUT2D eigenvalue weighted by molar-refractivity contribution is 7.89. The summed E-state index contributed by atoms with van der Waals surface area (Å²) in [4.78, 5) is 12.3. The number of methoxy groups -OCH3 is 1. The molecule has 0 saturated carbocycles. The Hall–Kier alpha value is -2.29. The zero-order chi connectivity index (χ0) is 20.7. The van der Waals surface area contributed by atoms with E-state index in [9.17, 15) is 13.2 Å². The summed E-state index contributed by atoms with van der Waals surface area (Å²) < 4.78 is 32.1. The molecule has 152 valence electrons. The van der Waals surface area contributed by atoms with Gasteiger partial charge in [0.05, 0.1) is 24.2 Å². The Labute approximate surface area is 170 Å². The second-order valence-corrected chi connectivity index (χ2v) is 8.24. The summed E-state index contributed by atoms with van der Waals surface area (Å²) in [6, 6.07) is 11.3. The number of nitrogens with zero attached hydrogens (tertiary/aromatic N) is 1. The molecule has 28 heavy (non-hydrogen) atoms. The molecule has 0 aliphatic carbocycles. The lowest BCUT2D eigenvalue weighted by Gasteiger charge is -2.20. The van der Waals surface area contributed by atoms with Crippen LogP contribution >= 0.6 is 11.6 Å². The Bertz CT molecular complexity index is 931. The number of halogens is 1. The van der Waals surface area contributed by atoms with E-state index in [-0.39, 0.29) is 17.3 Å². The maximum atomic E-state index is 12.7. The monoisotopic (exact) mass is 425 g/mol. The number of carbonyl (C=O) groups excluding carboxylic acids is 1. The number of hydrogen-bond acceptors (Lipinski definition) is 5. The molecule has 0 radical (unpaired) electrons. The molecule has 0 atom stereocenters. The van der Waals surface area contributed by atoms with Crippen LogP contribution < -0.4 is 15.4 Å². The lowest BCUT2D eigenvalue weighted by molar-refractivity contribution is -0.114. The third-order valence-corrected chi connectivity index (χ3v) is 6.34. The first-order valence-electron chi connectivity index (χ1n) is 8.79. The molecule has 0 aliphatic rings. The fourth-order valence-electron chi connectivity index (χ4n) is 2.65. The Balaban J connectivity index is 2.17. The number of carbonyl (C=O) groups is 1. The summed E-state index contributed by atoms with van der Waals surface area (Å²) in [5, 5.41) is 6.17. The van der Waals surface area contributed by atoms with Crippen LogP contribution in [0.1, 0.15) is 13.8 Å². The van der Waals surface area contributed by atoms with Crippen molar-refractivity contribution in [1.29, 1.82) is 0 Å². The van der Waals surface area contributed by atoms with Crippen molar-refractivity contribution in [3.8, 4) is 5.75 Å². The van der Waals surface area contributed by atoms with Gasteiger partial charge in [-0.15, -0.1) is 0 Å². The largest absolute Gasteiger partial charge is 0.495 e. The molecule has 9 heteroatoms. The highest BCUT2D eigenvalue weighted by atomic mass is 35.5. The molecule has 0 unspecified atom stereocenters. The van der Waals surface area contributed by atoms with Crippen molar-refractivity contribution in [2.75, 3.05) is 37.4 Å². The molecule has 0 bridgehead atoms. The third kappa shape index (κ3) is 5.37. The van der Waals surface area contributed by atoms with Crippen LogP contribution in [-0.4, -0.2) is 45.4 Å². The van der Waals surface area contributed by atoms with Gasteiger partial charge in [0.2, 0.25) is 15.9 Å². The number of amides is 1. The minimum absolute atomic E-state index is 0.0718. The Kier molecular flexibility index (Phi) is 7.68. The van der Waals surface area contributed by atoms with Crippen molar-refractivity contribution in [2.24, 2.45) is 0 Å². The van der Waals surface area contributed by atoms with Gasteiger partial charge in [0.15, 0.2) is 0 Å². The van der Waals surface area contributed by atoms with Gasteiger partial charge in [-0.25, -0.2) is 8.42 Å². The predicted octanol–water partition coefficient (Wildman–Crippen LogP) is 3.43. The van der Waals surface area contributed by atoms with E-state index in [2.05, 4.69) is 10.6 Å². The van der Waals surface area contributed by atoms with Crippen molar-refractivity contribution < 1.29 is 17.9 Å². The minimum atomic E-state index is -3.62. The van der Waals surface area contributed by atoms with Crippen LogP contribution in [0, 0.1) is 0 Å². The minimum Gasteiger partial charge on any atom is -0.495 e. The number of hydrogen-bond donors (Lipinski definition) is 2. The normalized spacial score (nSPS) is 11.3. The van der Waals surface area contributed by atoms with E-state index < -0.39 is 10.0 Å². The number of ether oxygens (including phenoxy) is 1. The maximum Gasteiger partial charge on any atom is 0.243 e. The summed E-state index contributed by atoms with van der Waals surface area (Å²) in [5.41, 5.74) is 0.987. The van der Waals surface area contributed by atoms with Gasteiger partial charge in [0.1, 0.15) is 5.75 Å². The first kappa shape index (κ1) is 22.0. The van der Waals surface area contributed by atoms with Crippen LogP contribution in [0.2, 0.25) is 5.02 Å². The zero-order valence-corrected chi connectivity index (χ0v) is 17.6. The summed E-state index contributed by atoms with van der Waals surface area (Å²) in [6.07, 6.45) is 0. The zero-order valence-electron chi connectivity index (χ0n) is 16.0. The van der Waals surface area contributed by atoms with Crippen LogP contribution in [0.15, 0.2) is 47.4 Å².